The third-order valence-electron chi connectivity index (χ3n) is 5.08. The van der Waals surface area contributed by atoms with Crippen molar-refractivity contribution in [3.8, 4) is 0 Å². The van der Waals surface area contributed by atoms with Gasteiger partial charge in [0.1, 0.15) is 11.6 Å². The van der Waals surface area contributed by atoms with Crippen molar-refractivity contribution in [1.82, 2.24) is 14.9 Å². The fourth-order valence-corrected chi connectivity index (χ4v) is 3.79. The molecule has 6 heteroatoms. The first kappa shape index (κ1) is 18.1. The quantitative estimate of drug-likeness (QED) is 0.841. The van der Waals surface area contributed by atoms with Crippen LogP contribution in [0.25, 0.3) is 0 Å². The van der Waals surface area contributed by atoms with Crippen LogP contribution in [0, 0.1) is 5.92 Å². The van der Waals surface area contributed by atoms with Crippen molar-refractivity contribution in [2.24, 2.45) is 5.92 Å². The molecule has 0 spiro atoms. The molecule has 0 aromatic carbocycles. The first-order valence-electron chi connectivity index (χ1n) is 9.46. The Morgan fingerprint density at radius 2 is 1.84 bits per heavy atom. The van der Waals surface area contributed by atoms with E-state index >= 15 is 0 Å². The van der Waals surface area contributed by atoms with E-state index in [-0.39, 0.29) is 18.1 Å². The molecule has 1 aromatic heterocycles. The minimum Gasteiger partial charge on any atom is -0.372 e. The normalized spacial score (nSPS) is 25.5. The molecule has 3 rings (SSSR count). The highest BCUT2D eigenvalue weighted by Gasteiger charge is 2.32. The molecule has 6 nitrogen and oxygen atoms in total. The third kappa shape index (κ3) is 4.29. The Balaban J connectivity index is 1.58. The van der Waals surface area contributed by atoms with E-state index < -0.39 is 0 Å². The summed E-state index contributed by atoms with van der Waals surface area (Å²) >= 11 is 0. The van der Waals surface area contributed by atoms with E-state index in [1.54, 1.807) is 0 Å². The van der Waals surface area contributed by atoms with Crippen LogP contribution < -0.4 is 4.90 Å². The standard InChI is InChI=1S/C19H30N4O2/c1-13(2)18-20-8-5-17(21-18)22-9-6-16(7-10-22)19(24)23-11-14(3)25-15(4)12-23/h5,8,13-16H,6-7,9-12H2,1-4H3/t14-,15-/m0/s1. The molecule has 2 saturated heterocycles. The van der Waals surface area contributed by atoms with Crippen LogP contribution in [0.1, 0.15) is 52.3 Å². The SMILES string of the molecule is CC(C)c1nccc(N2CCC(C(=O)N3C[C@H](C)O[C@@H](C)C3)CC2)n1. The fraction of sp³-hybridized carbons (Fsp3) is 0.737. The van der Waals surface area contributed by atoms with E-state index in [9.17, 15) is 4.79 Å². The van der Waals surface area contributed by atoms with Gasteiger partial charge in [0.2, 0.25) is 5.91 Å². The van der Waals surface area contributed by atoms with Gasteiger partial charge in [0.05, 0.1) is 12.2 Å². The summed E-state index contributed by atoms with van der Waals surface area (Å²) in [6.07, 6.45) is 3.87. The van der Waals surface area contributed by atoms with Gasteiger partial charge in [0.15, 0.2) is 0 Å². The lowest BCUT2D eigenvalue weighted by Crippen LogP contribution is -2.51. The van der Waals surface area contributed by atoms with Gasteiger partial charge in [-0.2, -0.15) is 0 Å². The molecule has 2 atom stereocenters. The summed E-state index contributed by atoms with van der Waals surface area (Å²) < 4.78 is 5.74. The van der Waals surface area contributed by atoms with Crippen LogP contribution in [0.5, 0.6) is 0 Å². The summed E-state index contributed by atoms with van der Waals surface area (Å²) in [5, 5.41) is 0. The zero-order chi connectivity index (χ0) is 18.0. The Bertz CT molecular complexity index is 589. The van der Waals surface area contributed by atoms with Crippen LogP contribution in [-0.2, 0) is 9.53 Å². The van der Waals surface area contributed by atoms with E-state index in [0.29, 0.717) is 24.9 Å². The molecule has 2 aliphatic rings. The van der Waals surface area contributed by atoms with E-state index in [1.165, 1.54) is 0 Å². The van der Waals surface area contributed by atoms with Gasteiger partial charge < -0.3 is 14.5 Å². The number of nitrogens with zero attached hydrogens (tertiary/aromatic N) is 4. The minimum absolute atomic E-state index is 0.125. The van der Waals surface area contributed by atoms with Gasteiger partial charge in [0, 0.05) is 44.2 Å². The van der Waals surface area contributed by atoms with E-state index in [2.05, 4.69) is 28.7 Å². The number of piperidine rings is 1. The summed E-state index contributed by atoms with van der Waals surface area (Å²) in [4.78, 5) is 26.2. The van der Waals surface area contributed by atoms with Crippen LogP contribution in [-0.4, -0.2) is 59.2 Å². The maximum Gasteiger partial charge on any atom is 0.225 e. The monoisotopic (exact) mass is 346 g/mol. The predicted octanol–water partition coefficient (Wildman–Crippen LogP) is 2.45. The molecule has 3 heterocycles. The topological polar surface area (TPSA) is 58.6 Å². The van der Waals surface area contributed by atoms with Crippen molar-refractivity contribution in [2.45, 2.75) is 58.7 Å². The zero-order valence-electron chi connectivity index (χ0n) is 15.8. The Labute approximate surface area is 150 Å². The summed E-state index contributed by atoms with van der Waals surface area (Å²) in [7, 11) is 0. The maximum atomic E-state index is 12.9. The first-order chi connectivity index (χ1) is 11.9. The number of amides is 1. The summed E-state index contributed by atoms with van der Waals surface area (Å²) in [6.45, 7) is 11.5. The Morgan fingerprint density at radius 1 is 1.20 bits per heavy atom. The lowest BCUT2D eigenvalue weighted by Gasteiger charge is -2.39. The van der Waals surface area contributed by atoms with Gasteiger partial charge in [-0.25, -0.2) is 9.97 Å². The van der Waals surface area contributed by atoms with E-state index in [0.717, 1.165) is 37.6 Å². The molecule has 0 bridgehead atoms. The average molecular weight is 346 g/mol. The Morgan fingerprint density at radius 3 is 2.44 bits per heavy atom. The second kappa shape index (κ2) is 7.68. The molecule has 2 aliphatic heterocycles. The van der Waals surface area contributed by atoms with Crippen LogP contribution in [0.3, 0.4) is 0 Å². The lowest BCUT2D eigenvalue weighted by molar-refractivity contribution is -0.148. The van der Waals surface area contributed by atoms with Crippen molar-refractivity contribution in [2.75, 3.05) is 31.1 Å². The first-order valence-corrected chi connectivity index (χ1v) is 9.46. The number of morpholine rings is 1. The molecule has 1 aromatic rings. The Kier molecular flexibility index (Phi) is 5.57. The van der Waals surface area contributed by atoms with Crippen molar-refractivity contribution in [1.29, 1.82) is 0 Å². The van der Waals surface area contributed by atoms with Gasteiger partial charge >= 0.3 is 0 Å². The van der Waals surface area contributed by atoms with Gasteiger partial charge in [-0.3, -0.25) is 4.79 Å². The molecular formula is C19H30N4O2. The van der Waals surface area contributed by atoms with E-state index in [4.69, 9.17) is 4.74 Å². The smallest absolute Gasteiger partial charge is 0.225 e. The lowest BCUT2D eigenvalue weighted by atomic mass is 9.94. The molecule has 138 valence electrons. The van der Waals surface area contributed by atoms with Crippen LogP contribution in [0.15, 0.2) is 12.3 Å². The summed E-state index contributed by atoms with van der Waals surface area (Å²) in [5.41, 5.74) is 0. The minimum atomic E-state index is 0.125. The molecule has 0 unspecified atom stereocenters. The van der Waals surface area contributed by atoms with Gasteiger partial charge in [-0.05, 0) is 32.8 Å². The highest BCUT2D eigenvalue weighted by molar-refractivity contribution is 5.79. The number of rotatable bonds is 3. The summed E-state index contributed by atoms with van der Waals surface area (Å²) in [6, 6.07) is 1.97. The second-order valence-corrected chi connectivity index (χ2v) is 7.69. The molecule has 0 aliphatic carbocycles. The molecule has 2 fully saturated rings. The largest absolute Gasteiger partial charge is 0.372 e. The number of carbonyl (C=O) groups is 1. The average Bonchev–Trinajstić information content (AvgIpc) is 2.60. The predicted molar refractivity (Wildman–Crippen MR) is 97.6 cm³/mol. The molecular weight excluding hydrogens is 316 g/mol. The summed E-state index contributed by atoms with van der Waals surface area (Å²) in [5.74, 6) is 2.61. The fourth-order valence-electron chi connectivity index (χ4n) is 3.79. The highest BCUT2D eigenvalue weighted by atomic mass is 16.5. The van der Waals surface area contributed by atoms with Crippen molar-refractivity contribution >= 4 is 11.7 Å². The molecule has 25 heavy (non-hydrogen) atoms. The number of hydrogen-bond acceptors (Lipinski definition) is 5. The van der Waals surface area contributed by atoms with Crippen LogP contribution >= 0.6 is 0 Å². The molecule has 0 N–H and O–H groups in total. The third-order valence-corrected chi connectivity index (χ3v) is 5.08. The van der Waals surface area contributed by atoms with Crippen molar-refractivity contribution in [3.63, 3.8) is 0 Å². The second-order valence-electron chi connectivity index (χ2n) is 7.69. The Hall–Kier alpha value is -1.69. The van der Waals surface area contributed by atoms with Crippen molar-refractivity contribution in [3.05, 3.63) is 18.1 Å². The van der Waals surface area contributed by atoms with Gasteiger partial charge in [-0.15, -0.1) is 0 Å². The number of carbonyl (C=O) groups excluding carboxylic acids is 1. The number of hydrogen-bond donors (Lipinski definition) is 0. The molecule has 0 radical (unpaired) electrons. The maximum absolute atomic E-state index is 12.9. The number of ether oxygens (including phenoxy) is 1. The van der Waals surface area contributed by atoms with E-state index in [1.807, 2.05) is 31.0 Å². The molecule has 0 saturated carbocycles. The number of aromatic nitrogens is 2. The van der Waals surface area contributed by atoms with Crippen molar-refractivity contribution < 1.29 is 9.53 Å². The number of anilines is 1. The highest BCUT2D eigenvalue weighted by Crippen LogP contribution is 2.25. The van der Waals surface area contributed by atoms with Crippen LogP contribution in [0.4, 0.5) is 5.82 Å². The zero-order valence-corrected chi connectivity index (χ0v) is 15.8. The van der Waals surface area contributed by atoms with Gasteiger partial charge in [0.25, 0.3) is 0 Å². The van der Waals surface area contributed by atoms with Gasteiger partial charge in [-0.1, -0.05) is 13.8 Å². The molecule has 1 amide bonds. The van der Waals surface area contributed by atoms with Crippen LogP contribution in [0.2, 0.25) is 0 Å².